The van der Waals surface area contributed by atoms with Gasteiger partial charge >= 0.3 is 0 Å². The van der Waals surface area contributed by atoms with E-state index in [0.717, 1.165) is 5.17 Å². The van der Waals surface area contributed by atoms with Gasteiger partial charge in [0.05, 0.1) is 0 Å². The maximum Gasteiger partial charge on any atom is 0.192 e. The van der Waals surface area contributed by atoms with Crippen LogP contribution in [0.1, 0.15) is 0 Å². The normalized spacial score (nSPS) is 17.4. The number of nitrogens with zero attached hydrogens (tertiary/aromatic N) is 2. The van der Waals surface area contributed by atoms with Crippen molar-refractivity contribution >= 4 is 38.0 Å². The van der Waals surface area contributed by atoms with Crippen molar-refractivity contribution in [3.05, 3.63) is 10.3 Å². The summed E-state index contributed by atoms with van der Waals surface area (Å²) in [5.41, 5.74) is 0. The lowest BCUT2D eigenvalue weighted by molar-refractivity contribution is 1.57. The smallest absolute Gasteiger partial charge is 0.192 e. The van der Waals surface area contributed by atoms with E-state index >= 15 is 0 Å². The molecule has 0 unspecified atom stereocenters. The number of amidine groups is 1. The molecular weight excluding hydrogens is 235 g/mol. The van der Waals surface area contributed by atoms with Crippen molar-refractivity contribution in [2.24, 2.45) is 8.14 Å². The molecule has 8 heavy (non-hydrogen) atoms. The van der Waals surface area contributed by atoms with E-state index in [1.54, 1.807) is 11.8 Å². The summed E-state index contributed by atoms with van der Waals surface area (Å²) in [5, 5.41) is 0.931. The van der Waals surface area contributed by atoms with Crippen molar-refractivity contribution in [3.63, 3.8) is 0 Å². The minimum Gasteiger partial charge on any atom is -0.230 e. The topological polar surface area (TPSA) is 24.7 Å². The Morgan fingerprint density at radius 1 is 1.75 bits per heavy atom. The second-order valence-electron chi connectivity index (χ2n) is 1.07. The molecule has 1 aliphatic heterocycles. The van der Waals surface area contributed by atoms with Gasteiger partial charge in [0, 0.05) is 31.3 Å². The van der Waals surface area contributed by atoms with E-state index in [4.69, 9.17) is 0 Å². The zero-order chi connectivity index (χ0) is 5.82. The quantitative estimate of drug-likeness (QED) is 0.596. The van der Waals surface area contributed by atoms with Crippen molar-refractivity contribution in [1.29, 1.82) is 0 Å². The van der Waals surface area contributed by atoms with Crippen LogP contribution in [-0.2, 0) is 0 Å². The predicted molar refractivity (Wildman–Crippen MR) is 46.5 cm³/mol. The van der Waals surface area contributed by atoms with Crippen LogP contribution in [0.15, 0.2) is 18.4 Å². The summed E-state index contributed by atoms with van der Waals surface area (Å²) in [7, 11) is 0. The molecule has 0 aromatic carbocycles. The second kappa shape index (κ2) is 3.34. The Hall–Kier alpha value is 0.290. The van der Waals surface area contributed by atoms with E-state index in [2.05, 4.69) is 8.14 Å². The summed E-state index contributed by atoms with van der Waals surface area (Å²) >= 11 is 1.57. The molecule has 0 aromatic heterocycles. The first-order chi connectivity index (χ1) is 3.93. The average Bonchev–Trinajstić information content (AvgIpc) is 1.90. The zero-order valence-corrected chi connectivity index (χ0v) is 7.31. The van der Waals surface area contributed by atoms with Gasteiger partial charge in [-0.2, -0.15) is 3.15 Å². The molecule has 44 valence electrons. The summed E-state index contributed by atoms with van der Waals surface area (Å²) in [6.07, 6.45) is 3.83. The van der Waals surface area contributed by atoms with Crippen LogP contribution in [0.3, 0.4) is 0 Å². The molecular formula is C4H5IN2S. The van der Waals surface area contributed by atoms with Crippen LogP contribution in [0.25, 0.3) is 0 Å². The van der Waals surface area contributed by atoms with Crippen molar-refractivity contribution < 1.29 is 0 Å². The largest absolute Gasteiger partial charge is 0.230 e. The number of thioether (sulfide) groups is 1. The third-order valence-electron chi connectivity index (χ3n) is 0.601. The van der Waals surface area contributed by atoms with Gasteiger partial charge in [0.25, 0.3) is 0 Å². The molecule has 0 saturated carbocycles. The molecule has 0 spiro atoms. The summed E-state index contributed by atoms with van der Waals surface area (Å²) in [6, 6.07) is 0. The molecule has 2 nitrogen and oxygen atoms in total. The predicted octanol–water partition coefficient (Wildman–Crippen LogP) is 2.34. The minimum absolute atomic E-state index is 0.0390. The van der Waals surface area contributed by atoms with Gasteiger partial charge in [0.1, 0.15) is 0 Å². The molecule has 0 fully saturated rings. The van der Waals surface area contributed by atoms with Crippen LogP contribution < -0.4 is 0 Å². The lowest BCUT2D eigenvalue weighted by atomic mass is 11.0. The number of hydrogen-bond acceptors (Lipinski definition) is 3. The molecule has 0 aliphatic carbocycles. The van der Waals surface area contributed by atoms with Crippen molar-refractivity contribution in [1.82, 2.24) is 0 Å². The van der Waals surface area contributed by atoms with E-state index in [1.807, 2.05) is 16.5 Å². The summed E-state index contributed by atoms with van der Waals surface area (Å²) in [4.78, 5) is 4.01. The Bertz CT molecular complexity index is 161. The van der Waals surface area contributed by atoms with Crippen LogP contribution in [0.4, 0.5) is 0 Å². The SMILES string of the molecule is CSC1=NC=CI=N1. The van der Waals surface area contributed by atoms with Gasteiger partial charge in [-0.3, -0.25) is 0 Å². The number of rotatable bonds is 0. The van der Waals surface area contributed by atoms with Gasteiger partial charge in [-0.15, -0.1) is 0 Å². The number of aliphatic imine (C=N–C) groups is 1. The minimum atomic E-state index is -0.0390. The maximum absolute atomic E-state index is 4.18. The molecule has 1 heterocycles. The first-order valence-corrected chi connectivity index (χ1v) is 5.47. The Balaban J connectivity index is 2.68. The fourth-order valence-electron chi connectivity index (χ4n) is 0.296. The first-order valence-electron chi connectivity index (χ1n) is 2.04. The highest BCUT2D eigenvalue weighted by molar-refractivity contribution is 14.2. The number of halogens is 1. The molecule has 0 bridgehead atoms. The Kier molecular flexibility index (Phi) is 2.68. The lowest BCUT2D eigenvalue weighted by Gasteiger charge is -1.91. The van der Waals surface area contributed by atoms with Gasteiger partial charge in [0.15, 0.2) is 5.17 Å². The molecule has 0 amide bonds. The molecule has 0 saturated heterocycles. The molecule has 0 radical (unpaired) electrons. The average molecular weight is 240 g/mol. The van der Waals surface area contributed by atoms with E-state index in [9.17, 15) is 0 Å². The third kappa shape index (κ3) is 1.66. The highest BCUT2D eigenvalue weighted by Crippen LogP contribution is 2.14. The summed E-state index contributed by atoms with van der Waals surface area (Å²) in [6.45, 7) is 0. The highest BCUT2D eigenvalue weighted by atomic mass is 127. The van der Waals surface area contributed by atoms with Crippen molar-refractivity contribution in [3.8, 4) is 0 Å². The van der Waals surface area contributed by atoms with Gasteiger partial charge in [0.2, 0.25) is 0 Å². The maximum atomic E-state index is 4.18. The molecule has 4 heteroatoms. The second-order valence-corrected chi connectivity index (χ2v) is 3.61. The Morgan fingerprint density at radius 3 is 3.00 bits per heavy atom. The van der Waals surface area contributed by atoms with Gasteiger partial charge in [-0.25, -0.2) is 4.99 Å². The van der Waals surface area contributed by atoms with Crippen LogP contribution in [0.5, 0.6) is 0 Å². The summed E-state index contributed by atoms with van der Waals surface area (Å²) in [5.74, 6) is 0. The van der Waals surface area contributed by atoms with E-state index in [1.165, 1.54) is 0 Å². The molecule has 0 aromatic rings. The number of hydrogen-bond donors (Lipinski definition) is 0. The van der Waals surface area contributed by atoms with Crippen LogP contribution in [-0.4, -0.2) is 11.4 Å². The molecule has 0 N–H and O–H groups in total. The van der Waals surface area contributed by atoms with Crippen LogP contribution >= 0.6 is 32.8 Å². The van der Waals surface area contributed by atoms with E-state index in [-0.39, 0.29) is 21.0 Å². The van der Waals surface area contributed by atoms with Crippen LogP contribution in [0.2, 0.25) is 0 Å². The van der Waals surface area contributed by atoms with E-state index < -0.39 is 0 Å². The van der Waals surface area contributed by atoms with E-state index in [0.29, 0.717) is 0 Å². The summed E-state index contributed by atoms with van der Waals surface area (Å²) < 4.78 is 6.22. The van der Waals surface area contributed by atoms with Gasteiger partial charge in [-0.05, 0) is 6.26 Å². The molecule has 0 atom stereocenters. The Labute approximate surface area is 62.6 Å². The monoisotopic (exact) mass is 240 g/mol. The molecule has 1 aliphatic rings. The standard InChI is InChI=1S/C4H5IN2S/c1-8-4-6-3-2-5-7-4/h2-3H,1H3. The van der Waals surface area contributed by atoms with Crippen LogP contribution in [0, 0.1) is 0 Å². The van der Waals surface area contributed by atoms with Crippen molar-refractivity contribution in [2.75, 3.05) is 6.26 Å². The first kappa shape index (κ1) is 6.41. The molecule has 1 rings (SSSR count). The van der Waals surface area contributed by atoms with Crippen molar-refractivity contribution in [2.45, 2.75) is 0 Å². The fraction of sp³-hybridized carbons (Fsp3) is 0.250. The fourth-order valence-corrected chi connectivity index (χ4v) is 2.22. The zero-order valence-electron chi connectivity index (χ0n) is 4.34. The highest BCUT2D eigenvalue weighted by Gasteiger charge is 1.90. The van der Waals surface area contributed by atoms with Gasteiger partial charge < -0.3 is 0 Å². The van der Waals surface area contributed by atoms with Gasteiger partial charge in [-0.1, -0.05) is 11.8 Å². The lowest BCUT2D eigenvalue weighted by Crippen LogP contribution is -1.80. The third-order valence-corrected chi connectivity index (χ3v) is 2.87. The Morgan fingerprint density at radius 2 is 2.62 bits per heavy atom.